The first-order valence-electron chi connectivity index (χ1n) is 7.09. The van der Waals surface area contributed by atoms with Crippen LogP contribution >= 0.6 is 0 Å². The Morgan fingerprint density at radius 1 is 1.04 bits per heavy atom. The standard InChI is InChI=1S/C18H13NO5/c1-24-13-7-8-14-15(10-13)18(23)19(17(14)22)12-5-2-11(3-6-12)4-9-16(20)21/h2-10H,1H3,(H,20,21). The largest absolute Gasteiger partial charge is 0.497 e. The van der Waals surface area contributed by atoms with Crippen molar-refractivity contribution in [1.29, 1.82) is 0 Å². The van der Waals surface area contributed by atoms with Crippen molar-refractivity contribution in [2.75, 3.05) is 12.0 Å². The van der Waals surface area contributed by atoms with Crippen molar-refractivity contribution in [1.82, 2.24) is 0 Å². The van der Waals surface area contributed by atoms with Crippen LogP contribution in [0.1, 0.15) is 26.3 Å². The molecule has 120 valence electrons. The molecule has 0 aromatic heterocycles. The van der Waals surface area contributed by atoms with Gasteiger partial charge >= 0.3 is 5.97 Å². The monoisotopic (exact) mass is 323 g/mol. The summed E-state index contributed by atoms with van der Waals surface area (Å²) >= 11 is 0. The minimum absolute atomic E-state index is 0.300. The van der Waals surface area contributed by atoms with Gasteiger partial charge in [-0.15, -0.1) is 0 Å². The highest BCUT2D eigenvalue weighted by Gasteiger charge is 2.36. The molecular weight excluding hydrogens is 310 g/mol. The van der Waals surface area contributed by atoms with E-state index >= 15 is 0 Å². The Bertz CT molecular complexity index is 867. The summed E-state index contributed by atoms with van der Waals surface area (Å²) in [7, 11) is 1.49. The molecule has 1 aliphatic rings. The number of amides is 2. The molecule has 0 saturated carbocycles. The molecule has 0 fully saturated rings. The number of hydrogen-bond acceptors (Lipinski definition) is 4. The van der Waals surface area contributed by atoms with Gasteiger partial charge in [0, 0.05) is 6.08 Å². The van der Waals surface area contributed by atoms with Crippen LogP contribution in [-0.4, -0.2) is 30.0 Å². The quantitative estimate of drug-likeness (QED) is 0.690. The summed E-state index contributed by atoms with van der Waals surface area (Å²) in [5.74, 6) is -1.35. The van der Waals surface area contributed by atoms with Crippen LogP contribution in [0.3, 0.4) is 0 Å². The number of hydrogen-bond donors (Lipinski definition) is 1. The smallest absolute Gasteiger partial charge is 0.328 e. The number of carbonyl (C=O) groups is 3. The van der Waals surface area contributed by atoms with Gasteiger partial charge in [-0.25, -0.2) is 9.69 Å². The Hall–Kier alpha value is -3.41. The van der Waals surface area contributed by atoms with Gasteiger partial charge < -0.3 is 9.84 Å². The minimum atomic E-state index is -1.05. The Balaban J connectivity index is 1.92. The van der Waals surface area contributed by atoms with Crippen LogP contribution in [0.5, 0.6) is 5.75 Å². The Morgan fingerprint density at radius 3 is 2.33 bits per heavy atom. The second kappa shape index (κ2) is 6.00. The molecule has 1 N–H and O–H groups in total. The zero-order valence-corrected chi connectivity index (χ0v) is 12.7. The Kier molecular flexibility index (Phi) is 3.87. The predicted octanol–water partition coefficient (Wildman–Crippen LogP) is 2.59. The number of methoxy groups -OCH3 is 1. The van der Waals surface area contributed by atoms with E-state index in [-0.39, 0.29) is 0 Å². The number of carboxylic acids is 1. The van der Waals surface area contributed by atoms with Gasteiger partial charge in [0.25, 0.3) is 11.8 Å². The number of aliphatic carboxylic acids is 1. The van der Waals surface area contributed by atoms with Crippen LogP contribution in [0, 0.1) is 0 Å². The number of ether oxygens (including phenoxy) is 1. The number of rotatable bonds is 4. The number of anilines is 1. The summed E-state index contributed by atoms with van der Waals surface area (Å²) in [6, 6.07) is 11.2. The molecule has 6 nitrogen and oxygen atoms in total. The van der Waals surface area contributed by atoms with E-state index in [0.717, 1.165) is 11.0 Å². The molecule has 2 aromatic carbocycles. The summed E-state index contributed by atoms with van der Waals surface area (Å²) in [6.07, 6.45) is 2.45. The Labute approximate surface area is 137 Å². The van der Waals surface area contributed by atoms with Crippen LogP contribution < -0.4 is 9.64 Å². The molecule has 0 bridgehead atoms. The van der Waals surface area contributed by atoms with E-state index < -0.39 is 17.8 Å². The third-order valence-electron chi connectivity index (χ3n) is 3.66. The number of carbonyl (C=O) groups excluding carboxylic acids is 2. The van der Waals surface area contributed by atoms with Crippen molar-refractivity contribution in [2.24, 2.45) is 0 Å². The van der Waals surface area contributed by atoms with Crippen molar-refractivity contribution < 1.29 is 24.2 Å². The predicted molar refractivity (Wildman–Crippen MR) is 87.2 cm³/mol. The van der Waals surface area contributed by atoms with Crippen molar-refractivity contribution in [3.8, 4) is 5.75 Å². The van der Waals surface area contributed by atoms with Crippen molar-refractivity contribution in [3.63, 3.8) is 0 Å². The topological polar surface area (TPSA) is 83.9 Å². The highest BCUT2D eigenvalue weighted by atomic mass is 16.5. The van der Waals surface area contributed by atoms with E-state index in [0.29, 0.717) is 28.1 Å². The fraction of sp³-hybridized carbons (Fsp3) is 0.0556. The lowest BCUT2D eigenvalue weighted by Gasteiger charge is -2.13. The highest BCUT2D eigenvalue weighted by Crippen LogP contribution is 2.30. The molecule has 2 aromatic rings. The van der Waals surface area contributed by atoms with Crippen LogP contribution in [0.2, 0.25) is 0 Å². The van der Waals surface area contributed by atoms with E-state index in [1.165, 1.54) is 13.2 Å². The summed E-state index contributed by atoms with van der Waals surface area (Å²) < 4.78 is 5.09. The molecule has 0 atom stereocenters. The van der Waals surface area contributed by atoms with Gasteiger partial charge in [-0.05, 0) is 42.0 Å². The number of carboxylic acid groups (broad SMARTS) is 1. The van der Waals surface area contributed by atoms with Gasteiger partial charge in [-0.1, -0.05) is 12.1 Å². The van der Waals surface area contributed by atoms with E-state index in [9.17, 15) is 14.4 Å². The van der Waals surface area contributed by atoms with Gasteiger partial charge in [-0.2, -0.15) is 0 Å². The van der Waals surface area contributed by atoms with E-state index in [2.05, 4.69) is 0 Å². The molecule has 1 heterocycles. The molecule has 0 saturated heterocycles. The maximum absolute atomic E-state index is 12.5. The Morgan fingerprint density at radius 2 is 1.71 bits per heavy atom. The van der Waals surface area contributed by atoms with Crippen LogP contribution in [0.25, 0.3) is 6.08 Å². The molecule has 3 rings (SSSR count). The number of benzene rings is 2. The fourth-order valence-electron chi connectivity index (χ4n) is 2.48. The zero-order chi connectivity index (χ0) is 17.3. The minimum Gasteiger partial charge on any atom is -0.497 e. The lowest BCUT2D eigenvalue weighted by Crippen LogP contribution is -2.29. The van der Waals surface area contributed by atoms with Gasteiger partial charge in [0.05, 0.1) is 23.9 Å². The van der Waals surface area contributed by atoms with Gasteiger partial charge in [0.1, 0.15) is 5.75 Å². The van der Waals surface area contributed by atoms with Gasteiger partial charge in [0.2, 0.25) is 0 Å². The fourth-order valence-corrected chi connectivity index (χ4v) is 2.48. The van der Waals surface area contributed by atoms with Crippen LogP contribution in [0.15, 0.2) is 48.5 Å². The second-order valence-corrected chi connectivity index (χ2v) is 5.12. The van der Waals surface area contributed by atoms with Crippen molar-refractivity contribution in [3.05, 3.63) is 65.2 Å². The third kappa shape index (κ3) is 2.65. The van der Waals surface area contributed by atoms with Crippen molar-refractivity contribution >= 4 is 29.5 Å². The zero-order valence-electron chi connectivity index (χ0n) is 12.7. The van der Waals surface area contributed by atoms with Crippen LogP contribution in [0.4, 0.5) is 5.69 Å². The molecule has 1 aliphatic heterocycles. The highest BCUT2D eigenvalue weighted by molar-refractivity contribution is 6.34. The second-order valence-electron chi connectivity index (χ2n) is 5.12. The first-order valence-corrected chi connectivity index (χ1v) is 7.09. The molecular formula is C18H13NO5. The average molecular weight is 323 g/mol. The molecule has 0 unspecified atom stereocenters. The molecule has 2 amide bonds. The van der Waals surface area contributed by atoms with Gasteiger partial charge in [-0.3, -0.25) is 9.59 Å². The molecule has 0 spiro atoms. The summed E-state index contributed by atoms with van der Waals surface area (Å²) in [5, 5.41) is 8.62. The van der Waals surface area contributed by atoms with Gasteiger partial charge in [0.15, 0.2) is 0 Å². The summed E-state index contributed by atoms with van der Waals surface area (Å²) in [4.78, 5) is 36.6. The number of fused-ring (bicyclic) bond motifs is 1. The van der Waals surface area contributed by atoms with Crippen LogP contribution in [-0.2, 0) is 4.79 Å². The SMILES string of the molecule is COc1ccc2c(c1)C(=O)N(c1ccc(C=CC(=O)O)cc1)C2=O. The maximum atomic E-state index is 12.5. The van der Waals surface area contributed by atoms with E-state index in [1.54, 1.807) is 42.5 Å². The lowest BCUT2D eigenvalue weighted by atomic mass is 10.1. The summed E-state index contributed by atoms with van der Waals surface area (Å²) in [5.41, 5.74) is 1.71. The van der Waals surface area contributed by atoms with E-state index in [1.807, 2.05) is 0 Å². The van der Waals surface area contributed by atoms with Crippen molar-refractivity contribution in [2.45, 2.75) is 0 Å². The normalized spacial score (nSPS) is 13.5. The molecule has 6 heteroatoms. The number of nitrogens with zero attached hydrogens (tertiary/aromatic N) is 1. The first-order chi connectivity index (χ1) is 11.5. The first kappa shape index (κ1) is 15.5. The average Bonchev–Trinajstić information content (AvgIpc) is 2.84. The molecule has 24 heavy (non-hydrogen) atoms. The molecule has 0 aliphatic carbocycles. The third-order valence-corrected chi connectivity index (χ3v) is 3.66. The lowest BCUT2D eigenvalue weighted by molar-refractivity contribution is -0.131. The van der Waals surface area contributed by atoms with E-state index in [4.69, 9.17) is 9.84 Å². The molecule has 0 radical (unpaired) electrons. The number of imide groups is 1. The summed E-state index contributed by atoms with van der Waals surface area (Å²) in [6.45, 7) is 0. The maximum Gasteiger partial charge on any atom is 0.328 e.